The normalized spacial score (nSPS) is 22.6. The maximum absolute atomic E-state index is 11.3. The average Bonchev–Trinajstić information content (AvgIpc) is 2.89. The zero-order chi connectivity index (χ0) is 10.1. The number of anilines is 1. The molecule has 1 atom stereocenters. The van der Waals surface area contributed by atoms with Crippen LogP contribution in [-0.4, -0.2) is 21.3 Å². The second-order valence-corrected chi connectivity index (χ2v) is 3.33. The number of aliphatic hydroxyl groups excluding tert-OH is 1. The lowest BCUT2D eigenvalue weighted by atomic mass is 10.4. The molecule has 0 bridgehead atoms. The van der Waals surface area contributed by atoms with Gasteiger partial charge in [0, 0.05) is 24.9 Å². The van der Waals surface area contributed by atoms with Crippen molar-refractivity contribution < 1.29 is 5.11 Å². The number of hydrogen-bond donors (Lipinski definition) is 2. The maximum Gasteiger partial charge on any atom is 0.353 e. The number of nitrogen functional groups attached to an aromatic ring is 1. The lowest BCUT2D eigenvalue weighted by molar-refractivity contribution is 0.281. The van der Waals surface area contributed by atoms with Gasteiger partial charge in [-0.3, -0.25) is 4.57 Å². The summed E-state index contributed by atoms with van der Waals surface area (Å²) < 4.78 is 1.38. The van der Waals surface area contributed by atoms with E-state index in [-0.39, 0.29) is 24.0 Å². The van der Waals surface area contributed by atoms with E-state index in [1.165, 1.54) is 4.57 Å². The number of hydrogen-bond acceptors (Lipinski definition) is 4. The Morgan fingerprint density at radius 1 is 1.79 bits per heavy atom. The number of aromatic nitrogens is 2. The lowest BCUT2D eigenvalue weighted by Crippen LogP contribution is -2.19. The molecule has 1 fully saturated rings. The van der Waals surface area contributed by atoms with Crippen molar-refractivity contribution in [3.63, 3.8) is 0 Å². The second kappa shape index (κ2) is 3.26. The molecule has 2 rings (SSSR count). The summed E-state index contributed by atoms with van der Waals surface area (Å²) in [7, 11) is 0. The van der Waals surface area contributed by atoms with Gasteiger partial charge in [0.2, 0.25) is 0 Å². The van der Waals surface area contributed by atoms with Crippen molar-refractivity contribution >= 4 is 12.0 Å². The van der Waals surface area contributed by atoms with E-state index in [0.717, 1.165) is 12.0 Å². The molecule has 5 nitrogen and oxygen atoms in total. The minimum absolute atomic E-state index is 0.142. The SMILES string of the molecule is Nc1ccn(C=C2CC2CO)c(=O)n1. The molecule has 3 N–H and O–H groups in total. The summed E-state index contributed by atoms with van der Waals surface area (Å²) in [5, 5.41) is 8.80. The Hall–Kier alpha value is -1.62. The first kappa shape index (κ1) is 8.96. The van der Waals surface area contributed by atoms with Crippen LogP contribution in [0.1, 0.15) is 6.42 Å². The smallest absolute Gasteiger partial charge is 0.353 e. The van der Waals surface area contributed by atoms with Gasteiger partial charge in [-0.05, 0) is 18.1 Å². The van der Waals surface area contributed by atoms with Crippen LogP contribution in [0.5, 0.6) is 0 Å². The van der Waals surface area contributed by atoms with Crippen LogP contribution >= 0.6 is 0 Å². The van der Waals surface area contributed by atoms with E-state index < -0.39 is 0 Å². The van der Waals surface area contributed by atoms with Crippen molar-refractivity contribution in [2.24, 2.45) is 5.92 Å². The van der Waals surface area contributed by atoms with Gasteiger partial charge in [-0.15, -0.1) is 0 Å². The minimum Gasteiger partial charge on any atom is -0.396 e. The van der Waals surface area contributed by atoms with Gasteiger partial charge in [0.25, 0.3) is 0 Å². The van der Waals surface area contributed by atoms with Gasteiger partial charge in [0.05, 0.1) is 0 Å². The molecule has 1 aliphatic carbocycles. The fraction of sp³-hybridized carbons (Fsp3) is 0.333. The van der Waals surface area contributed by atoms with Crippen LogP contribution in [0.3, 0.4) is 0 Å². The topological polar surface area (TPSA) is 81.1 Å². The Labute approximate surface area is 80.5 Å². The van der Waals surface area contributed by atoms with Crippen LogP contribution in [0.25, 0.3) is 6.20 Å². The summed E-state index contributed by atoms with van der Waals surface area (Å²) in [6, 6.07) is 1.56. The van der Waals surface area contributed by atoms with Crippen molar-refractivity contribution in [3.8, 4) is 0 Å². The Bertz CT molecular complexity index is 436. The predicted octanol–water partition coefficient (Wildman–Crippen LogP) is -0.321. The molecule has 0 aliphatic heterocycles. The van der Waals surface area contributed by atoms with Crippen molar-refractivity contribution in [1.29, 1.82) is 0 Å². The van der Waals surface area contributed by atoms with E-state index in [0.29, 0.717) is 0 Å². The van der Waals surface area contributed by atoms with Crippen LogP contribution in [0.2, 0.25) is 0 Å². The number of rotatable bonds is 2. The molecule has 0 amide bonds. The maximum atomic E-state index is 11.3. The monoisotopic (exact) mass is 193 g/mol. The van der Waals surface area contributed by atoms with Crippen LogP contribution in [0.15, 0.2) is 22.6 Å². The molecule has 74 valence electrons. The minimum atomic E-state index is -0.388. The summed E-state index contributed by atoms with van der Waals surface area (Å²) in [5.41, 5.74) is 6.02. The Kier molecular flexibility index (Phi) is 2.09. The third-order valence-electron chi connectivity index (χ3n) is 2.22. The van der Waals surface area contributed by atoms with Crippen LogP contribution in [0.4, 0.5) is 5.82 Å². The van der Waals surface area contributed by atoms with E-state index in [2.05, 4.69) is 4.98 Å². The molecule has 5 heteroatoms. The molecule has 1 unspecified atom stereocenters. The third-order valence-corrected chi connectivity index (χ3v) is 2.22. The fourth-order valence-corrected chi connectivity index (χ4v) is 1.27. The van der Waals surface area contributed by atoms with Crippen LogP contribution in [0, 0.1) is 5.92 Å². The molecule has 0 radical (unpaired) electrons. The summed E-state index contributed by atoms with van der Waals surface area (Å²) >= 11 is 0. The van der Waals surface area contributed by atoms with Crippen LogP contribution < -0.4 is 11.4 Å². The molecule has 1 aromatic rings. The fourth-order valence-electron chi connectivity index (χ4n) is 1.27. The highest BCUT2D eigenvalue weighted by molar-refractivity contribution is 5.42. The van der Waals surface area contributed by atoms with Gasteiger partial charge in [0.15, 0.2) is 0 Å². The van der Waals surface area contributed by atoms with E-state index >= 15 is 0 Å². The van der Waals surface area contributed by atoms with Gasteiger partial charge in [-0.2, -0.15) is 4.98 Å². The van der Waals surface area contributed by atoms with E-state index in [1.54, 1.807) is 18.5 Å². The highest BCUT2D eigenvalue weighted by atomic mass is 16.3. The Morgan fingerprint density at radius 2 is 2.57 bits per heavy atom. The first-order valence-electron chi connectivity index (χ1n) is 4.37. The number of nitrogens with two attached hydrogens (primary N) is 1. The first-order chi connectivity index (χ1) is 6.70. The lowest BCUT2D eigenvalue weighted by Gasteiger charge is -1.96. The highest BCUT2D eigenvalue weighted by Crippen LogP contribution is 2.37. The van der Waals surface area contributed by atoms with Crippen molar-refractivity contribution in [1.82, 2.24) is 9.55 Å². The molecule has 14 heavy (non-hydrogen) atoms. The largest absolute Gasteiger partial charge is 0.396 e. The van der Waals surface area contributed by atoms with E-state index in [1.807, 2.05) is 0 Å². The Balaban J connectivity index is 2.27. The highest BCUT2D eigenvalue weighted by Gasteiger charge is 2.28. The molecule has 1 aliphatic rings. The molecular weight excluding hydrogens is 182 g/mol. The summed E-state index contributed by atoms with van der Waals surface area (Å²) in [6.45, 7) is 0.142. The zero-order valence-electron chi connectivity index (χ0n) is 7.55. The van der Waals surface area contributed by atoms with Gasteiger partial charge in [-0.25, -0.2) is 4.79 Å². The molecule has 1 saturated carbocycles. The molecule has 1 heterocycles. The summed E-state index contributed by atoms with van der Waals surface area (Å²) in [5.74, 6) is 0.443. The second-order valence-electron chi connectivity index (χ2n) is 3.33. The van der Waals surface area contributed by atoms with Gasteiger partial charge < -0.3 is 10.8 Å². The van der Waals surface area contributed by atoms with Gasteiger partial charge in [-0.1, -0.05) is 0 Å². The van der Waals surface area contributed by atoms with Crippen molar-refractivity contribution in [2.45, 2.75) is 6.42 Å². The third kappa shape index (κ3) is 1.67. The Morgan fingerprint density at radius 3 is 3.14 bits per heavy atom. The number of aliphatic hydroxyl groups is 1. The van der Waals surface area contributed by atoms with E-state index in [9.17, 15) is 4.79 Å². The number of nitrogens with zero attached hydrogens (tertiary/aromatic N) is 2. The first-order valence-corrected chi connectivity index (χ1v) is 4.37. The zero-order valence-corrected chi connectivity index (χ0v) is 7.55. The predicted molar refractivity (Wildman–Crippen MR) is 52.4 cm³/mol. The molecular formula is C9H11N3O2. The summed E-state index contributed by atoms with van der Waals surface area (Å²) in [6.07, 6.45) is 4.13. The quantitative estimate of drug-likeness (QED) is 0.674. The van der Waals surface area contributed by atoms with Crippen molar-refractivity contribution in [2.75, 3.05) is 12.3 Å². The van der Waals surface area contributed by atoms with Gasteiger partial charge in [0.1, 0.15) is 5.82 Å². The van der Waals surface area contributed by atoms with Gasteiger partial charge >= 0.3 is 5.69 Å². The molecule has 1 aromatic heterocycles. The summed E-state index contributed by atoms with van der Waals surface area (Å²) in [4.78, 5) is 14.8. The molecule has 0 spiro atoms. The van der Waals surface area contributed by atoms with Crippen molar-refractivity contribution in [3.05, 3.63) is 28.3 Å². The standard InChI is InChI=1S/C9H11N3O2/c10-8-1-2-12(9(14)11-8)4-6-3-7(6)5-13/h1-2,4,7,13H,3,5H2,(H2,10,11,14). The van der Waals surface area contributed by atoms with Crippen LogP contribution in [-0.2, 0) is 0 Å². The average molecular weight is 193 g/mol. The van der Waals surface area contributed by atoms with E-state index in [4.69, 9.17) is 10.8 Å². The molecule has 0 aromatic carbocycles. The molecule has 0 saturated heterocycles.